The van der Waals surface area contributed by atoms with Crippen molar-refractivity contribution in [3.05, 3.63) is 53.3 Å². The van der Waals surface area contributed by atoms with E-state index in [1.807, 2.05) is 0 Å². The fraction of sp³-hybridized carbons (Fsp3) is 0.300. The molecule has 1 aromatic heterocycles. The number of carbonyl (C=O) groups is 2. The fourth-order valence-corrected chi connectivity index (χ4v) is 6.45. The number of thioether (sulfide) groups is 1. The SMILES string of the molecule is O=C1NC(=O)C(=Cc2nccc(N3CC4CN(S(=O)(=O)c5ccccc5)CC4C3)n2)S1. The molecule has 0 aliphatic carbocycles. The number of anilines is 1. The molecule has 3 fully saturated rings. The lowest BCUT2D eigenvalue weighted by atomic mass is 10.0. The summed E-state index contributed by atoms with van der Waals surface area (Å²) in [6.07, 6.45) is 3.12. The van der Waals surface area contributed by atoms with Gasteiger partial charge in [0.2, 0.25) is 10.0 Å². The van der Waals surface area contributed by atoms with Gasteiger partial charge >= 0.3 is 0 Å². The maximum atomic E-state index is 12.9. The quantitative estimate of drug-likeness (QED) is 0.689. The van der Waals surface area contributed by atoms with Gasteiger partial charge in [-0.3, -0.25) is 14.9 Å². The fourth-order valence-electron chi connectivity index (χ4n) is 4.22. The second-order valence-electron chi connectivity index (χ2n) is 7.69. The van der Waals surface area contributed by atoms with E-state index in [9.17, 15) is 18.0 Å². The van der Waals surface area contributed by atoms with Gasteiger partial charge in [-0.2, -0.15) is 4.31 Å². The van der Waals surface area contributed by atoms with Crippen molar-refractivity contribution >= 4 is 44.8 Å². The number of rotatable bonds is 4. The minimum atomic E-state index is -3.48. The van der Waals surface area contributed by atoms with Crippen molar-refractivity contribution in [2.75, 3.05) is 31.1 Å². The highest BCUT2D eigenvalue weighted by atomic mass is 32.2. The first-order valence-corrected chi connectivity index (χ1v) is 12.0. The third-order valence-electron chi connectivity index (χ3n) is 5.72. The van der Waals surface area contributed by atoms with Crippen LogP contribution in [0.15, 0.2) is 52.4 Å². The van der Waals surface area contributed by atoms with E-state index < -0.39 is 21.2 Å². The van der Waals surface area contributed by atoms with Crippen molar-refractivity contribution in [1.82, 2.24) is 19.6 Å². The first-order valence-electron chi connectivity index (χ1n) is 9.78. The number of carbonyl (C=O) groups excluding carboxylic acids is 2. The van der Waals surface area contributed by atoms with Gasteiger partial charge < -0.3 is 4.90 Å². The van der Waals surface area contributed by atoms with Crippen LogP contribution in [0.5, 0.6) is 0 Å². The lowest BCUT2D eigenvalue weighted by Crippen LogP contribution is -2.33. The molecule has 5 rings (SSSR count). The molecule has 4 heterocycles. The van der Waals surface area contributed by atoms with Crippen LogP contribution in [-0.2, 0) is 14.8 Å². The molecule has 3 aliphatic heterocycles. The van der Waals surface area contributed by atoms with E-state index in [0.717, 1.165) is 17.6 Å². The zero-order valence-corrected chi connectivity index (χ0v) is 18.0. The van der Waals surface area contributed by atoms with Crippen molar-refractivity contribution in [2.45, 2.75) is 4.90 Å². The van der Waals surface area contributed by atoms with Crippen LogP contribution in [0.2, 0.25) is 0 Å². The monoisotopic (exact) mass is 457 g/mol. The summed E-state index contributed by atoms with van der Waals surface area (Å²) >= 11 is 0.826. The number of benzene rings is 1. The van der Waals surface area contributed by atoms with E-state index in [0.29, 0.717) is 36.9 Å². The van der Waals surface area contributed by atoms with Crippen LogP contribution in [0.25, 0.3) is 6.08 Å². The maximum Gasteiger partial charge on any atom is 0.290 e. The molecule has 0 radical (unpaired) electrons. The van der Waals surface area contributed by atoms with Gasteiger partial charge in [0, 0.05) is 38.5 Å². The van der Waals surface area contributed by atoms with E-state index in [1.54, 1.807) is 46.9 Å². The molecule has 0 bridgehead atoms. The number of nitrogens with one attached hydrogen (secondary N) is 1. The third kappa shape index (κ3) is 3.84. The Labute approximate surface area is 183 Å². The van der Waals surface area contributed by atoms with Crippen molar-refractivity contribution in [2.24, 2.45) is 11.8 Å². The number of hydrogen-bond acceptors (Lipinski definition) is 8. The Bertz CT molecular complexity index is 1170. The second-order valence-corrected chi connectivity index (χ2v) is 10.6. The van der Waals surface area contributed by atoms with E-state index in [2.05, 4.69) is 20.2 Å². The predicted molar refractivity (Wildman–Crippen MR) is 116 cm³/mol. The van der Waals surface area contributed by atoms with Gasteiger partial charge in [0.15, 0.2) is 5.82 Å². The predicted octanol–water partition coefficient (Wildman–Crippen LogP) is 1.56. The van der Waals surface area contributed by atoms with E-state index in [4.69, 9.17) is 0 Å². The van der Waals surface area contributed by atoms with Gasteiger partial charge in [-0.05, 0) is 41.8 Å². The molecule has 2 aromatic rings. The average Bonchev–Trinajstić information content (AvgIpc) is 3.42. The van der Waals surface area contributed by atoms with E-state index in [-0.39, 0.29) is 16.7 Å². The second kappa shape index (κ2) is 7.74. The molecule has 9 nitrogen and oxygen atoms in total. The molecule has 2 atom stereocenters. The summed E-state index contributed by atoms with van der Waals surface area (Å²) in [5, 5.41) is 1.80. The zero-order chi connectivity index (χ0) is 21.6. The summed E-state index contributed by atoms with van der Waals surface area (Å²) in [5.74, 6) is 1.09. The Morgan fingerprint density at radius 2 is 1.74 bits per heavy atom. The summed E-state index contributed by atoms with van der Waals surface area (Å²) in [4.78, 5) is 34.5. The maximum absolute atomic E-state index is 12.9. The largest absolute Gasteiger partial charge is 0.356 e. The third-order valence-corrected chi connectivity index (χ3v) is 8.38. The van der Waals surface area contributed by atoms with Crippen LogP contribution in [0, 0.1) is 11.8 Å². The highest BCUT2D eigenvalue weighted by Gasteiger charge is 2.44. The Kier molecular flexibility index (Phi) is 5.03. The van der Waals surface area contributed by atoms with Crippen molar-refractivity contribution in [1.29, 1.82) is 0 Å². The van der Waals surface area contributed by atoms with Gasteiger partial charge in [-0.15, -0.1) is 0 Å². The lowest BCUT2D eigenvalue weighted by Gasteiger charge is -2.22. The van der Waals surface area contributed by atoms with Gasteiger partial charge in [0.05, 0.1) is 9.80 Å². The molecule has 11 heteroatoms. The normalized spacial score (nSPS) is 25.3. The molecular weight excluding hydrogens is 438 g/mol. The number of sulfonamides is 1. The Morgan fingerprint density at radius 1 is 1.03 bits per heavy atom. The van der Waals surface area contributed by atoms with Crippen molar-refractivity contribution in [3.63, 3.8) is 0 Å². The van der Waals surface area contributed by atoms with Crippen LogP contribution in [0.1, 0.15) is 5.82 Å². The van der Waals surface area contributed by atoms with Crippen LogP contribution < -0.4 is 10.2 Å². The van der Waals surface area contributed by atoms with Crippen LogP contribution in [-0.4, -0.2) is 60.0 Å². The summed E-state index contributed by atoms with van der Waals surface area (Å²) < 4.78 is 27.4. The molecule has 0 spiro atoms. The van der Waals surface area contributed by atoms with Crippen molar-refractivity contribution < 1.29 is 18.0 Å². The molecular formula is C20H19N5O4S2. The number of nitrogens with zero attached hydrogens (tertiary/aromatic N) is 4. The summed E-state index contributed by atoms with van der Waals surface area (Å²) in [6, 6.07) is 10.3. The topological polar surface area (TPSA) is 113 Å². The Hall–Kier alpha value is -2.76. The number of aromatic nitrogens is 2. The summed E-state index contributed by atoms with van der Waals surface area (Å²) in [7, 11) is -3.48. The van der Waals surface area contributed by atoms with Crippen molar-refractivity contribution in [3.8, 4) is 0 Å². The standard InChI is InChI=1S/C20H19N5O4S2/c26-19-16(30-20(27)23-19)8-17-21-7-6-18(22-17)24-9-13-11-25(12-14(13)10-24)31(28,29)15-4-2-1-3-5-15/h1-8,13-14H,9-12H2,(H,23,26,27). The minimum Gasteiger partial charge on any atom is -0.356 e. The van der Waals surface area contributed by atoms with Gasteiger partial charge in [-0.25, -0.2) is 18.4 Å². The molecule has 2 amide bonds. The zero-order valence-electron chi connectivity index (χ0n) is 16.3. The number of fused-ring (bicyclic) bond motifs is 1. The van der Waals surface area contributed by atoms with Crippen LogP contribution in [0.4, 0.5) is 10.6 Å². The highest BCUT2D eigenvalue weighted by Crippen LogP contribution is 2.36. The first-order chi connectivity index (χ1) is 14.9. The number of hydrogen-bond donors (Lipinski definition) is 1. The molecule has 2 unspecified atom stereocenters. The molecule has 1 aromatic carbocycles. The molecule has 3 saturated heterocycles. The molecule has 0 saturated carbocycles. The number of amides is 2. The van der Waals surface area contributed by atoms with E-state index >= 15 is 0 Å². The van der Waals surface area contributed by atoms with Crippen LogP contribution in [0.3, 0.4) is 0 Å². The van der Waals surface area contributed by atoms with E-state index in [1.165, 1.54) is 6.08 Å². The Morgan fingerprint density at radius 3 is 2.39 bits per heavy atom. The molecule has 1 N–H and O–H groups in total. The van der Waals surface area contributed by atoms with Crippen LogP contribution >= 0.6 is 11.8 Å². The lowest BCUT2D eigenvalue weighted by molar-refractivity contribution is -0.115. The van der Waals surface area contributed by atoms with Gasteiger partial charge in [0.1, 0.15) is 5.82 Å². The first kappa shape index (κ1) is 20.2. The van der Waals surface area contributed by atoms with Gasteiger partial charge in [0.25, 0.3) is 11.1 Å². The smallest absolute Gasteiger partial charge is 0.290 e. The Balaban J connectivity index is 1.29. The average molecular weight is 458 g/mol. The molecule has 31 heavy (non-hydrogen) atoms. The highest BCUT2D eigenvalue weighted by molar-refractivity contribution is 8.18. The molecule has 3 aliphatic rings. The minimum absolute atomic E-state index is 0.226. The number of imide groups is 1. The summed E-state index contributed by atoms with van der Waals surface area (Å²) in [5.41, 5.74) is 0. The summed E-state index contributed by atoms with van der Waals surface area (Å²) in [6.45, 7) is 2.37. The van der Waals surface area contributed by atoms with Gasteiger partial charge in [-0.1, -0.05) is 18.2 Å². The molecule has 160 valence electrons.